The largest absolute Gasteiger partial charge is 0.491 e. The lowest BCUT2D eigenvalue weighted by atomic mass is 10.1. The highest BCUT2D eigenvalue weighted by Gasteiger charge is 2.16. The molecule has 1 aliphatic rings. The Hall–Kier alpha value is -2.49. The van der Waals surface area contributed by atoms with E-state index >= 15 is 0 Å². The van der Waals surface area contributed by atoms with Crippen LogP contribution in [0.15, 0.2) is 36.5 Å². The number of morpholine rings is 1. The summed E-state index contributed by atoms with van der Waals surface area (Å²) in [6.07, 6.45) is 2.72. The molecule has 2 heterocycles. The summed E-state index contributed by atoms with van der Waals surface area (Å²) >= 11 is 0. The lowest BCUT2D eigenvalue weighted by Crippen LogP contribution is -2.41. The molecule has 26 heavy (non-hydrogen) atoms. The van der Waals surface area contributed by atoms with Crippen LogP contribution in [0.25, 0.3) is 11.1 Å². The van der Waals surface area contributed by atoms with Gasteiger partial charge in [0.15, 0.2) is 0 Å². The SMILES string of the molecule is CC1CN(CCCOc2cnc(C#N)cc2-c2ccc(F)cc2)CCO1. The Labute approximate surface area is 153 Å². The highest BCUT2D eigenvalue weighted by molar-refractivity contribution is 5.70. The summed E-state index contributed by atoms with van der Waals surface area (Å²) < 4.78 is 24.7. The van der Waals surface area contributed by atoms with E-state index in [9.17, 15) is 4.39 Å². The Kier molecular flexibility index (Phi) is 6.16. The second-order valence-corrected chi connectivity index (χ2v) is 6.37. The predicted octanol–water partition coefficient (Wildman–Crippen LogP) is 3.25. The first kappa shape index (κ1) is 18.3. The van der Waals surface area contributed by atoms with E-state index in [2.05, 4.69) is 16.8 Å². The van der Waals surface area contributed by atoms with E-state index in [0.29, 0.717) is 18.1 Å². The van der Waals surface area contributed by atoms with E-state index in [1.54, 1.807) is 24.4 Å². The van der Waals surface area contributed by atoms with Crippen molar-refractivity contribution in [2.75, 3.05) is 32.8 Å². The van der Waals surface area contributed by atoms with Crippen LogP contribution in [0.3, 0.4) is 0 Å². The monoisotopic (exact) mass is 355 g/mol. The van der Waals surface area contributed by atoms with E-state index < -0.39 is 0 Å². The van der Waals surface area contributed by atoms with Crippen molar-refractivity contribution >= 4 is 0 Å². The Bertz CT molecular complexity index is 774. The van der Waals surface area contributed by atoms with E-state index in [-0.39, 0.29) is 11.9 Å². The van der Waals surface area contributed by atoms with Gasteiger partial charge in [0.2, 0.25) is 0 Å². The van der Waals surface area contributed by atoms with Gasteiger partial charge < -0.3 is 9.47 Å². The van der Waals surface area contributed by atoms with E-state index in [0.717, 1.165) is 43.8 Å². The summed E-state index contributed by atoms with van der Waals surface area (Å²) in [5, 5.41) is 9.09. The number of nitrogens with zero attached hydrogens (tertiary/aromatic N) is 3. The van der Waals surface area contributed by atoms with Crippen LogP contribution in [0.4, 0.5) is 4.39 Å². The summed E-state index contributed by atoms with van der Waals surface area (Å²) in [6, 6.07) is 9.84. The molecule has 3 rings (SSSR count). The van der Waals surface area contributed by atoms with Crippen LogP contribution in [0.1, 0.15) is 19.0 Å². The lowest BCUT2D eigenvalue weighted by molar-refractivity contribution is -0.0193. The smallest absolute Gasteiger partial charge is 0.145 e. The van der Waals surface area contributed by atoms with Gasteiger partial charge in [-0.25, -0.2) is 9.37 Å². The Morgan fingerprint density at radius 3 is 2.92 bits per heavy atom. The molecule has 5 nitrogen and oxygen atoms in total. The normalized spacial score (nSPS) is 17.7. The first-order chi connectivity index (χ1) is 12.7. The molecule has 1 saturated heterocycles. The average molecular weight is 355 g/mol. The third-order valence-corrected chi connectivity index (χ3v) is 4.34. The zero-order valence-electron chi connectivity index (χ0n) is 14.8. The number of hydrogen-bond acceptors (Lipinski definition) is 5. The van der Waals surface area contributed by atoms with Crippen molar-refractivity contribution in [3.8, 4) is 22.9 Å². The van der Waals surface area contributed by atoms with Gasteiger partial charge in [-0.2, -0.15) is 5.26 Å². The summed E-state index contributed by atoms with van der Waals surface area (Å²) in [7, 11) is 0. The summed E-state index contributed by atoms with van der Waals surface area (Å²) in [4.78, 5) is 6.46. The molecule has 1 fully saturated rings. The molecule has 0 aliphatic carbocycles. The fourth-order valence-electron chi connectivity index (χ4n) is 3.04. The van der Waals surface area contributed by atoms with Crippen molar-refractivity contribution in [1.82, 2.24) is 9.88 Å². The highest BCUT2D eigenvalue weighted by atomic mass is 19.1. The van der Waals surface area contributed by atoms with Gasteiger partial charge in [-0.15, -0.1) is 0 Å². The van der Waals surface area contributed by atoms with E-state index in [1.165, 1.54) is 12.1 Å². The third kappa shape index (κ3) is 4.78. The van der Waals surface area contributed by atoms with Gasteiger partial charge in [0.1, 0.15) is 23.3 Å². The molecule has 2 aromatic rings. The zero-order chi connectivity index (χ0) is 18.4. The van der Waals surface area contributed by atoms with Crippen molar-refractivity contribution in [1.29, 1.82) is 5.26 Å². The Morgan fingerprint density at radius 1 is 1.38 bits per heavy atom. The van der Waals surface area contributed by atoms with Crippen LogP contribution >= 0.6 is 0 Å². The standard InChI is InChI=1S/C20H22FN3O2/c1-15-14-24(8-10-25-15)7-2-9-26-20-13-23-18(12-22)11-19(20)16-3-5-17(21)6-4-16/h3-6,11,13,15H,2,7-10,14H2,1H3. The highest BCUT2D eigenvalue weighted by Crippen LogP contribution is 2.30. The van der Waals surface area contributed by atoms with E-state index in [1.807, 2.05) is 6.07 Å². The van der Waals surface area contributed by atoms with Gasteiger partial charge in [-0.1, -0.05) is 12.1 Å². The number of benzene rings is 1. The fourth-order valence-corrected chi connectivity index (χ4v) is 3.04. The number of nitriles is 1. The minimum Gasteiger partial charge on any atom is -0.491 e. The van der Waals surface area contributed by atoms with Gasteiger partial charge >= 0.3 is 0 Å². The molecule has 1 aromatic heterocycles. The molecule has 1 aromatic carbocycles. The number of halogens is 1. The zero-order valence-corrected chi connectivity index (χ0v) is 14.8. The quantitative estimate of drug-likeness (QED) is 0.745. The number of rotatable bonds is 6. The predicted molar refractivity (Wildman–Crippen MR) is 96.3 cm³/mol. The van der Waals surface area contributed by atoms with Gasteiger partial charge in [0, 0.05) is 25.2 Å². The second kappa shape index (κ2) is 8.75. The maximum atomic E-state index is 13.2. The molecule has 0 saturated carbocycles. The van der Waals surface area contributed by atoms with Crippen molar-refractivity contribution in [2.24, 2.45) is 0 Å². The number of pyridine rings is 1. The molecular formula is C20H22FN3O2. The molecule has 6 heteroatoms. The van der Waals surface area contributed by atoms with Crippen LogP contribution < -0.4 is 4.74 Å². The summed E-state index contributed by atoms with van der Waals surface area (Å²) in [6.45, 7) is 6.25. The summed E-state index contributed by atoms with van der Waals surface area (Å²) in [5.41, 5.74) is 1.85. The van der Waals surface area contributed by atoms with Crippen LogP contribution in [0, 0.1) is 17.1 Å². The number of ether oxygens (including phenoxy) is 2. The number of aromatic nitrogens is 1. The average Bonchev–Trinajstić information content (AvgIpc) is 2.66. The maximum Gasteiger partial charge on any atom is 0.145 e. The van der Waals surface area contributed by atoms with Crippen molar-refractivity contribution < 1.29 is 13.9 Å². The fraction of sp³-hybridized carbons (Fsp3) is 0.400. The second-order valence-electron chi connectivity index (χ2n) is 6.37. The molecule has 0 spiro atoms. The Balaban J connectivity index is 1.63. The van der Waals surface area contributed by atoms with E-state index in [4.69, 9.17) is 14.7 Å². The topological polar surface area (TPSA) is 58.4 Å². The van der Waals surface area contributed by atoms with Gasteiger partial charge in [-0.05, 0) is 37.1 Å². The van der Waals surface area contributed by atoms with Crippen LogP contribution in [-0.2, 0) is 4.74 Å². The summed E-state index contributed by atoms with van der Waals surface area (Å²) in [5.74, 6) is 0.302. The Morgan fingerprint density at radius 2 is 2.19 bits per heavy atom. The molecule has 1 atom stereocenters. The van der Waals surface area contributed by atoms with Gasteiger partial charge in [0.25, 0.3) is 0 Å². The molecule has 0 radical (unpaired) electrons. The van der Waals surface area contributed by atoms with Crippen molar-refractivity contribution in [2.45, 2.75) is 19.4 Å². The minimum absolute atomic E-state index is 0.275. The van der Waals surface area contributed by atoms with Gasteiger partial charge in [0.05, 0.1) is 25.5 Å². The van der Waals surface area contributed by atoms with Gasteiger partial charge in [-0.3, -0.25) is 4.90 Å². The van der Waals surface area contributed by atoms with Crippen LogP contribution in [-0.4, -0.2) is 48.8 Å². The number of hydrogen-bond donors (Lipinski definition) is 0. The molecule has 1 aliphatic heterocycles. The van der Waals surface area contributed by atoms with Crippen LogP contribution in [0.2, 0.25) is 0 Å². The lowest BCUT2D eigenvalue weighted by Gasteiger charge is -2.30. The third-order valence-electron chi connectivity index (χ3n) is 4.34. The minimum atomic E-state index is -0.300. The first-order valence-corrected chi connectivity index (χ1v) is 8.78. The van der Waals surface area contributed by atoms with Crippen molar-refractivity contribution in [3.63, 3.8) is 0 Å². The molecule has 0 N–H and O–H groups in total. The molecule has 0 amide bonds. The molecule has 1 unspecified atom stereocenters. The van der Waals surface area contributed by atoms with Crippen LogP contribution in [0.5, 0.6) is 5.75 Å². The molecule has 0 bridgehead atoms. The maximum absolute atomic E-state index is 13.2. The molecular weight excluding hydrogens is 333 g/mol. The molecule has 136 valence electrons. The van der Waals surface area contributed by atoms with Crippen molar-refractivity contribution in [3.05, 3.63) is 48.0 Å². The first-order valence-electron chi connectivity index (χ1n) is 8.78.